The number of hydrogen-bond donors (Lipinski definition) is 1. The second kappa shape index (κ2) is 8.86. The summed E-state index contributed by atoms with van der Waals surface area (Å²) < 4.78 is 1.81. The molecule has 1 fully saturated rings. The fourth-order valence-electron chi connectivity index (χ4n) is 4.71. The lowest BCUT2D eigenvalue weighted by molar-refractivity contribution is 0.102. The molecule has 1 aliphatic heterocycles. The second-order valence-electron chi connectivity index (χ2n) is 8.62. The molecule has 5 rings (SSSR count). The largest absolute Gasteiger partial charge is 0.296 e. The van der Waals surface area contributed by atoms with Gasteiger partial charge >= 0.3 is 0 Å². The number of aryl methyl sites for hydroxylation is 1. The van der Waals surface area contributed by atoms with Crippen molar-refractivity contribution < 1.29 is 4.79 Å². The van der Waals surface area contributed by atoms with Crippen LogP contribution in [0.5, 0.6) is 0 Å². The smallest absolute Gasteiger partial charge is 0.261 e. The van der Waals surface area contributed by atoms with Crippen LogP contribution in [0.3, 0.4) is 0 Å². The Morgan fingerprint density at radius 1 is 1.03 bits per heavy atom. The van der Waals surface area contributed by atoms with Crippen LogP contribution in [0.1, 0.15) is 84.9 Å². The van der Waals surface area contributed by atoms with Crippen molar-refractivity contribution in [3.8, 4) is 0 Å². The van der Waals surface area contributed by atoms with Gasteiger partial charge in [0.1, 0.15) is 10.8 Å². The van der Waals surface area contributed by atoms with Gasteiger partial charge < -0.3 is 0 Å². The molecule has 1 saturated carbocycles. The summed E-state index contributed by atoms with van der Waals surface area (Å²) in [6.45, 7) is 0.722. The number of nitrogens with one attached hydrogen (secondary N) is 1. The van der Waals surface area contributed by atoms with Crippen molar-refractivity contribution in [1.29, 1.82) is 0 Å². The molecule has 0 saturated heterocycles. The molecule has 31 heavy (non-hydrogen) atoms. The van der Waals surface area contributed by atoms with E-state index in [1.54, 1.807) is 18.2 Å². The number of hydrogen-bond acceptors (Lipinski definition) is 6. The number of nitrogens with zero attached hydrogens (tertiary/aromatic N) is 4. The quantitative estimate of drug-likeness (QED) is 0.643. The molecule has 0 unspecified atom stereocenters. The van der Waals surface area contributed by atoms with E-state index < -0.39 is 0 Å². The molecule has 0 spiro atoms. The van der Waals surface area contributed by atoms with Crippen LogP contribution in [0.15, 0.2) is 23.0 Å². The SMILES string of the molecule is O=C(Nc1nnc(C2CCCCC2)s1)c1ccc2c(=O)n3c(nc2c1)CCCCCC3. The van der Waals surface area contributed by atoms with E-state index in [2.05, 4.69) is 15.5 Å². The molecule has 0 atom stereocenters. The fourth-order valence-corrected chi connectivity index (χ4v) is 5.61. The van der Waals surface area contributed by atoms with Crippen molar-refractivity contribution in [2.75, 3.05) is 5.32 Å². The summed E-state index contributed by atoms with van der Waals surface area (Å²) >= 11 is 1.47. The van der Waals surface area contributed by atoms with Crippen molar-refractivity contribution >= 4 is 33.3 Å². The number of carbonyl (C=O) groups excluding carboxylic acids is 1. The Labute approximate surface area is 184 Å². The monoisotopic (exact) mass is 437 g/mol. The first-order valence-electron chi connectivity index (χ1n) is 11.4. The molecule has 7 nitrogen and oxygen atoms in total. The third kappa shape index (κ3) is 4.26. The first-order valence-corrected chi connectivity index (χ1v) is 12.2. The van der Waals surface area contributed by atoms with E-state index in [0.29, 0.717) is 27.5 Å². The molecule has 8 heteroatoms. The number of amides is 1. The number of fused-ring (bicyclic) bond motifs is 2. The average Bonchev–Trinajstić information content (AvgIpc) is 3.24. The molecule has 2 aromatic heterocycles. The maximum absolute atomic E-state index is 13.0. The zero-order valence-corrected chi connectivity index (χ0v) is 18.4. The van der Waals surface area contributed by atoms with Crippen LogP contribution in [0.2, 0.25) is 0 Å². The van der Waals surface area contributed by atoms with E-state index in [0.717, 1.165) is 55.9 Å². The number of rotatable bonds is 3. The van der Waals surface area contributed by atoms with Gasteiger partial charge in [-0.1, -0.05) is 43.4 Å². The zero-order chi connectivity index (χ0) is 21.2. The minimum atomic E-state index is -0.248. The van der Waals surface area contributed by atoms with Crippen molar-refractivity contribution in [2.24, 2.45) is 0 Å². The molecule has 1 N–H and O–H groups in total. The first-order chi connectivity index (χ1) is 15.2. The Morgan fingerprint density at radius 3 is 2.71 bits per heavy atom. The van der Waals surface area contributed by atoms with Gasteiger partial charge in [-0.25, -0.2) is 4.98 Å². The van der Waals surface area contributed by atoms with Crippen LogP contribution in [0.4, 0.5) is 5.13 Å². The minimum Gasteiger partial charge on any atom is -0.296 e. The van der Waals surface area contributed by atoms with Crippen molar-refractivity contribution in [3.63, 3.8) is 0 Å². The van der Waals surface area contributed by atoms with E-state index in [1.165, 1.54) is 37.0 Å². The van der Waals surface area contributed by atoms with Crippen LogP contribution in [-0.4, -0.2) is 25.7 Å². The van der Waals surface area contributed by atoms with Gasteiger partial charge in [-0.15, -0.1) is 10.2 Å². The van der Waals surface area contributed by atoms with E-state index >= 15 is 0 Å². The Bertz CT molecular complexity index is 1160. The molecule has 1 aliphatic carbocycles. The molecule has 162 valence electrons. The van der Waals surface area contributed by atoms with Gasteiger partial charge in [0.05, 0.1) is 10.9 Å². The molecule has 1 amide bonds. The predicted octanol–water partition coefficient (Wildman–Crippen LogP) is 4.66. The average molecular weight is 438 g/mol. The predicted molar refractivity (Wildman–Crippen MR) is 122 cm³/mol. The third-order valence-electron chi connectivity index (χ3n) is 6.44. The van der Waals surface area contributed by atoms with Gasteiger partial charge in [0.25, 0.3) is 11.5 Å². The molecule has 1 aromatic carbocycles. The van der Waals surface area contributed by atoms with Crippen molar-refractivity contribution in [1.82, 2.24) is 19.7 Å². The minimum absolute atomic E-state index is 0.00453. The lowest BCUT2D eigenvalue weighted by Gasteiger charge is -2.18. The number of aromatic nitrogens is 4. The fraction of sp³-hybridized carbons (Fsp3) is 0.522. The number of carbonyl (C=O) groups is 1. The van der Waals surface area contributed by atoms with Crippen LogP contribution >= 0.6 is 11.3 Å². The summed E-state index contributed by atoms with van der Waals surface area (Å²) in [7, 11) is 0. The number of benzene rings is 1. The second-order valence-corrected chi connectivity index (χ2v) is 9.62. The lowest BCUT2D eigenvalue weighted by Crippen LogP contribution is -2.26. The third-order valence-corrected chi connectivity index (χ3v) is 7.45. The molecular weight excluding hydrogens is 410 g/mol. The molecule has 3 aromatic rings. The Morgan fingerprint density at radius 2 is 1.84 bits per heavy atom. The van der Waals surface area contributed by atoms with Crippen LogP contribution in [0, 0.1) is 0 Å². The highest BCUT2D eigenvalue weighted by Gasteiger charge is 2.21. The van der Waals surface area contributed by atoms with Crippen LogP contribution in [-0.2, 0) is 13.0 Å². The lowest BCUT2D eigenvalue weighted by atomic mass is 9.90. The van der Waals surface area contributed by atoms with E-state index in [-0.39, 0.29) is 11.5 Å². The Hall–Kier alpha value is -2.61. The highest BCUT2D eigenvalue weighted by Crippen LogP contribution is 2.35. The Balaban J connectivity index is 1.38. The molecular formula is C23H27N5O2S. The zero-order valence-electron chi connectivity index (χ0n) is 17.6. The van der Waals surface area contributed by atoms with E-state index in [1.807, 2.05) is 4.57 Å². The Kier molecular flexibility index (Phi) is 5.80. The van der Waals surface area contributed by atoms with Gasteiger partial charge in [-0.2, -0.15) is 0 Å². The summed E-state index contributed by atoms with van der Waals surface area (Å²) in [5.41, 5.74) is 1.06. The molecule has 3 heterocycles. The molecule has 0 bridgehead atoms. The van der Waals surface area contributed by atoms with Crippen LogP contribution < -0.4 is 10.9 Å². The number of anilines is 1. The van der Waals surface area contributed by atoms with Gasteiger partial charge in [0.15, 0.2) is 0 Å². The maximum atomic E-state index is 13.0. The van der Waals surface area contributed by atoms with Crippen molar-refractivity contribution in [3.05, 3.63) is 44.9 Å². The summed E-state index contributed by atoms with van der Waals surface area (Å²) in [5, 5.41) is 13.5. The van der Waals surface area contributed by atoms with Gasteiger partial charge in [-0.05, 0) is 43.9 Å². The van der Waals surface area contributed by atoms with Crippen molar-refractivity contribution in [2.45, 2.75) is 76.7 Å². The molecule has 0 radical (unpaired) electrons. The highest BCUT2D eigenvalue weighted by molar-refractivity contribution is 7.15. The maximum Gasteiger partial charge on any atom is 0.261 e. The topological polar surface area (TPSA) is 89.8 Å². The van der Waals surface area contributed by atoms with Gasteiger partial charge in [0.2, 0.25) is 5.13 Å². The first kappa shape index (κ1) is 20.3. The van der Waals surface area contributed by atoms with Crippen LogP contribution in [0.25, 0.3) is 10.9 Å². The highest BCUT2D eigenvalue weighted by atomic mass is 32.1. The van der Waals surface area contributed by atoms with E-state index in [4.69, 9.17) is 4.98 Å². The van der Waals surface area contributed by atoms with Gasteiger partial charge in [0, 0.05) is 24.4 Å². The summed E-state index contributed by atoms with van der Waals surface area (Å²) in [6.07, 6.45) is 11.2. The molecule has 2 aliphatic rings. The summed E-state index contributed by atoms with van der Waals surface area (Å²) in [4.78, 5) is 30.6. The normalized spacial score (nSPS) is 17.7. The summed E-state index contributed by atoms with van der Waals surface area (Å²) in [6, 6.07) is 5.13. The van der Waals surface area contributed by atoms with E-state index in [9.17, 15) is 9.59 Å². The summed E-state index contributed by atoms with van der Waals surface area (Å²) in [5.74, 6) is 1.05. The standard InChI is InChI=1S/C23H27N5O2S/c29-20(25-23-27-26-21(31-23)15-8-4-3-5-9-15)16-11-12-17-18(14-16)24-19-10-6-1-2-7-13-28(19)22(17)30/h11-12,14-15H,1-10,13H2,(H,25,27,29). The van der Waals surface area contributed by atoms with Gasteiger partial charge in [-0.3, -0.25) is 19.5 Å².